The van der Waals surface area contributed by atoms with Gasteiger partial charge in [-0.25, -0.2) is 18.7 Å². The van der Waals surface area contributed by atoms with Gasteiger partial charge in [0.25, 0.3) is 0 Å². The zero-order valence-electron chi connectivity index (χ0n) is 10.7. The highest BCUT2D eigenvalue weighted by atomic mass is 19.1. The van der Waals surface area contributed by atoms with Crippen molar-refractivity contribution >= 4 is 16.7 Å². The van der Waals surface area contributed by atoms with Crippen LogP contribution in [-0.4, -0.2) is 9.97 Å². The van der Waals surface area contributed by atoms with Crippen molar-refractivity contribution in [3.8, 4) is 11.4 Å². The van der Waals surface area contributed by atoms with Gasteiger partial charge in [-0.1, -0.05) is 12.1 Å². The number of nitrogens with zero attached hydrogens (tertiary/aromatic N) is 2. The fraction of sp³-hybridized carbons (Fsp3) is 0.0667. The maximum Gasteiger partial charge on any atom is 0.162 e. The van der Waals surface area contributed by atoms with Crippen LogP contribution in [0.25, 0.3) is 22.3 Å². The summed E-state index contributed by atoms with van der Waals surface area (Å²) in [5.74, 6) is -0.239. The first kappa shape index (κ1) is 12.5. The lowest BCUT2D eigenvalue weighted by molar-refractivity contribution is 0.619. The third-order valence-electron chi connectivity index (χ3n) is 3.12. The molecule has 0 spiro atoms. The number of hydrogen-bond acceptors (Lipinski definition) is 3. The molecule has 0 atom stereocenters. The van der Waals surface area contributed by atoms with Gasteiger partial charge >= 0.3 is 0 Å². The van der Waals surface area contributed by atoms with Crippen molar-refractivity contribution in [1.29, 1.82) is 0 Å². The minimum absolute atomic E-state index is 0.172. The monoisotopic (exact) mass is 271 g/mol. The van der Waals surface area contributed by atoms with Gasteiger partial charge in [0, 0.05) is 10.9 Å². The third-order valence-corrected chi connectivity index (χ3v) is 3.12. The predicted molar refractivity (Wildman–Crippen MR) is 74.0 cm³/mol. The SMILES string of the molecule is Cc1ccc(-c2nc(N)c3cc(F)ccc3n2)cc1F. The molecule has 0 aliphatic heterocycles. The van der Waals surface area contributed by atoms with Crippen LogP contribution in [0.3, 0.4) is 0 Å². The van der Waals surface area contributed by atoms with E-state index in [2.05, 4.69) is 9.97 Å². The number of hydrogen-bond donors (Lipinski definition) is 1. The molecule has 100 valence electrons. The van der Waals surface area contributed by atoms with E-state index in [1.807, 2.05) is 0 Å². The Morgan fingerprint density at radius 2 is 1.80 bits per heavy atom. The molecule has 3 rings (SSSR count). The molecule has 5 heteroatoms. The van der Waals surface area contributed by atoms with Crippen LogP contribution < -0.4 is 5.73 Å². The molecule has 0 amide bonds. The van der Waals surface area contributed by atoms with Crippen LogP contribution in [0.1, 0.15) is 5.56 Å². The normalized spacial score (nSPS) is 10.9. The number of aromatic nitrogens is 2. The number of aryl methyl sites for hydroxylation is 1. The highest BCUT2D eigenvalue weighted by Gasteiger charge is 2.09. The molecule has 3 nitrogen and oxygen atoms in total. The van der Waals surface area contributed by atoms with Crippen molar-refractivity contribution in [3.05, 3.63) is 53.6 Å². The second kappa shape index (κ2) is 4.52. The van der Waals surface area contributed by atoms with Crippen molar-refractivity contribution < 1.29 is 8.78 Å². The number of nitrogens with two attached hydrogens (primary N) is 1. The molecule has 20 heavy (non-hydrogen) atoms. The van der Waals surface area contributed by atoms with Gasteiger partial charge in [-0.3, -0.25) is 0 Å². The average molecular weight is 271 g/mol. The lowest BCUT2D eigenvalue weighted by Gasteiger charge is -2.06. The summed E-state index contributed by atoms with van der Waals surface area (Å²) in [5.41, 5.74) is 7.42. The second-order valence-electron chi connectivity index (χ2n) is 4.56. The molecule has 3 aromatic rings. The Kier molecular flexibility index (Phi) is 2.82. The van der Waals surface area contributed by atoms with E-state index < -0.39 is 5.82 Å². The number of anilines is 1. The van der Waals surface area contributed by atoms with E-state index in [0.29, 0.717) is 27.9 Å². The van der Waals surface area contributed by atoms with E-state index in [9.17, 15) is 8.78 Å². The number of halogens is 2. The number of fused-ring (bicyclic) bond motifs is 1. The highest BCUT2D eigenvalue weighted by Crippen LogP contribution is 2.24. The molecule has 0 aliphatic carbocycles. The van der Waals surface area contributed by atoms with Crippen molar-refractivity contribution in [2.45, 2.75) is 6.92 Å². The molecule has 0 fully saturated rings. The molecule has 0 saturated carbocycles. The van der Waals surface area contributed by atoms with E-state index in [0.717, 1.165) is 0 Å². The summed E-state index contributed by atoms with van der Waals surface area (Å²) in [7, 11) is 0. The maximum absolute atomic E-state index is 13.6. The quantitative estimate of drug-likeness (QED) is 0.737. The van der Waals surface area contributed by atoms with Crippen LogP contribution in [0.2, 0.25) is 0 Å². The highest BCUT2D eigenvalue weighted by molar-refractivity contribution is 5.89. The summed E-state index contributed by atoms with van der Waals surface area (Å²) in [4.78, 5) is 8.41. The molecular weight excluding hydrogens is 260 g/mol. The van der Waals surface area contributed by atoms with Crippen molar-refractivity contribution in [2.24, 2.45) is 0 Å². The first-order chi connectivity index (χ1) is 9.54. The summed E-state index contributed by atoms with van der Waals surface area (Å²) in [6.45, 7) is 1.68. The molecule has 0 aliphatic rings. The Bertz CT molecular complexity index is 816. The molecule has 2 N–H and O–H groups in total. The standard InChI is InChI=1S/C15H11F2N3/c1-8-2-3-9(6-12(8)17)15-19-13-5-4-10(16)7-11(13)14(18)20-15/h2-7H,1H3,(H2,18,19,20). The van der Waals surface area contributed by atoms with Gasteiger partial charge in [-0.15, -0.1) is 0 Å². The van der Waals surface area contributed by atoms with E-state index in [-0.39, 0.29) is 11.6 Å². The second-order valence-corrected chi connectivity index (χ2v) is 4.56. The lowest BCUT2D eigenvalue weighted by atomic mass is 10.1. The lowest BCUT2D eigenvalue weighted by Crippen LogP contribution is -1.98. The van der Waals surface area contributed by atoms with Gasteiger partial charge in [0.1, 0.15) is 17.5 Å². The summed E-state index contributed by atoms with van der Waals surface area (Å²) < 4.78 is 26.8. The van der Waals surface area contributed by atoms with E-state index in [1.54, 1.807) is 19.1 Å². The van der Waals surface area contributed by atoms with E-state index >= 15 is 0 Å². The summed E-state index contributed by atoms with van der Waals surface area (Å²) in [6, 6.07) is 8.84. The molecule has 0 saturated heterocycles. The number of rotatable bonds is 1. The molecule has 0 bridgehead atoms. The number of nitrogen functional groups attached to an aromatic ring is 1. The van der Waals surface area contributed by atoms with E-state index in [1.165, 1.54) is 24.3 Å². The minimum atomic E-state index is -0.401. The van der Waals surface area contributed by atoms with Gasteiger partial charge in [-0.05, 0) is 36.8 Å². The predicted octanol–water partition coefficient (Wildman–Crippen LogP) is 3.47. The topological polar surface area (TPSA) is 51.8 Å². The molecule has 1 aromatic heterocycles. The zero-order chi connectivity index (χ0) is 14.3. The first-order valence-corrected chi connectivity index (χ1v) is 6.04. The van der Waals surface area contributed by atoms with Gasteiger partial charge in [0.2, 0.25) is 0 Å². The maximum atomic E-state index is 13.6. The van der Waals surface area contributed by atoms with Crippen LogP contribution >= 0.6 is 0 Å². The van der Waals surface area contributed by atoms with Gasteiger partial charge in [0.05, 0.1) is 5.52 Å². The Hall–Kier alpha value is -2.56. The number of benzene rings is 2. The van der Waals surface area contributed by atoms with Crippen LogP contribution in [0.4, 0.5) is 14.6 Å². The minimum Gasteiger partial charge on any atom is -0.383 e. The van der Waals surface area contributed by atoms with Crippen LogP contribution in [0.5, 0.6) is 0 Å². The summed E-state index contributed by atoms with van der Waals surface area (Å²) in [6.07, 6.45) is 0. The fourth-order valence-electron chi connectivity index (χ4n) is 1.99. The summed E-state index contributed by atoms with van der Waals surface area (Å²) >= 11 is 0. The van der Waals surface area contributed by atoms with Crippen molar-refractivity contribution in [3.63, 3.8) is 0 Å². The molecule has 0 unspecified atom stereocenters. The molecule has 2 aromatic carbocycles. The smallest absolute Gasteiger partial charge is 0.162 e. The molecule has 0 radical (unpaired) electrons. The summed E-state index contributed by atoms with van der Waals surface area (Å²) in [5, 5.41) is 0.446. The largest absolute Gasteiger partial charge is 0.383 e. The fourth-order valence-corrected chi connectivity index (χ4v) is 1.99. The zero-order valence-corrected chi connectivity index (χ0v) is 10.7. The Labute approximate surface area is 114 Å². The Morgan fingerprint density at radius 1 is 1.00 bits per heavy atom. The van der Waals surface area contributed by atoms with E-state index in [4.69, 9.17) is 5.73 Å². The van der Waals surface area contributed by atoms with Crippen LogP contribution in [-0.2, 0) is 0 Å². The Balaban J connectivity index is 2.21. The Morgan fingerprint density at radius 3 is 2.55 bits per heavy atom. The van der Waals surface area contributed by atoms with Gasteiger partial charge < -0.3 is 5.73 Å². The molecule has 1 heterocycles. The van der Waals surface area contributed by atoms with Crippen molar-refractivity contribution in [2.75, 3.05) is 5.73 Å². The van der Waals surface area contributed by atoms with Crippen molar-refractivity contribution in [1.82, 2.24) is 9.97 Å². The van der Waals surface area contributed by atoms with Gasteiger partial charge in [0.15, 0.2) is 5.82 Å². The first-order valence-electron chi connectivity index (χ1n) is 6.04. The van der Waals surface area contributed by atoms with Gasteiger partial charge in [-0.2, -0.15) is 0 Å². The van der Waals surface area contributed by atoms with Crippen LogP contribution in [0.15, 0.2) is 36.4 Å². The van der Waals surface area contributed by atoms with Crippen LogP contribution in [0, 0.1) is 18.6 Å². The average Bonchev–Trinajstić information content (AvgIpc) is 2.42. The third kappa shape index (κ3) is 2.07. The molecular formula is C15H11F2N3.